The SMILES string of the molecule is CC1(C)c2cc(N(c3ccccc3)c3ccc(C4C=CC(c5ccccc5)=CC4)cc3)ccc2-c2c(N(c3ccc(-c4ccccc4)cc3)c3ccc(-c4ccccc4)cc3)cccc21. The van der Waals surface area contributed by atoms with Gasteiger partial charge >= 0.3 is 0 Å². The fraction of sp³-hybridized carbons (Fsp3) is 0.0794. The van der Waals surface area contributed by atoms with Gasteiger partial charge in [0.25, 0.3) is 0 Å². The van der Waals surface area contributed by atoms with E-state index < -0.39 is 0 Å². The van der Waals surface area contributed by atoms with Gasteiger partial charge < -0.3 is 9.80 Å². The molecular weight excluding hydrogens is 785 g/mol. The van der Waals surface area contributed by atoms with Gasteiger partial charge in [-0.05, 0) is 129 Å². The minimum absolute atomic E-state index is 0.248. The minimum atomic E-state index is -0.248. The Morgan fingerprint density at radius 2 is 0.877 bits per heavy atom. The molecule has 9 aromatic carbocycles. The zero-order valence-electron chi connectivity index (χ0n) is 36.9. The van der Waals surface area contributed by atoms with Crippen molar-refractivity contribution < 1.29 is 0 Å². The largest absolute Gasteiger partial charge is 0.310 e. The van der Waals surface area contributed by atoms with Crippen molar-refractivity contribution in [1.82, 2.24) is 0 Å². The van der Waals surface area contributed by atoms with Crippen molar-refractivity contribution in [3.05, 3.63) is 271 Å². The number of nitrogens with zero attached hydrogens (tertiary/aromatic N) is 2. The molecule has 0 aromatic heterocycles. The predicted molar refractivity (Wildman–Crippen MR) is 275 cm³/mol. The second-order valence-corrected chi connectivity index (χ2v) is 17.7. The van der Waals surface area contributed by atoms with E-state index in [0.717, 1.165) is 34.9 Å². The molecule has 0 amide bonds. The number of anilines is 6. The summed E-state index contributed by atoms with van der Waals surface area (Å²) in [5, 5.41) is 0. The molecule has 9 aromatic rings. The number of benzene rings is 9. The summed E-state index contributed by atoms with van der Waals surface area (Å²) in [5.41, 5.74) is 20.5. The second kappa shape index (κ2) is 17.0. The third kappa shape index (κ3) is 7.58. The van der Waals surface area contributed by atoms with Crippen LogP contribution < -0.4 is 9.80 Å². The van der Waals surface area contributed by atoms with Crippen LogP contribution in [0.2, 0.25) is 0 Å². The Bertz CT molecular complexity index is 3070. The summed E-state index contributed by atoms with van der Waals surface area (Å²) in [7, 11) is 0. The molecule has 1 unspecified atom stereocenters. The molecule has 0 N–H and O–H groups in total. The van der Waals surface area contributed by atoms with Crippen molar-refractivity contribution in [1.29, 1.82) is 0 Å². The van der Waals surface area contributed by atoms with Gasteiger partial charge in [0, 0.05) is 45.3 Å². The molecule has 0 saturated carbocycles. The van der Waals surface area contributed by atoms with Gasteiger partial charge in [-0.1, -0.05) is 196 Å². The van der Waals surface area contributed by atoms with Crippen LogP contribution >= 0.6 is 0 Å². The predicted octanol–water partition coefficient (Wildman–Crippen LogP) is 17.4. The summed E-state index contributed by atoms with van der Waals surface area (Å²) in [6, 6.07) is 84.0. The molecule has 11 rings (SSSR count). The van der Waals surface area contributed by atoms with E-state index in [4.69, 9.17) is 0 Å². The van der Waals surface area contributed by atoms with Crippen LogP contribution in [0.25, 0.3) is 39.0 Å². The summed E-state index contributed by atoms with van der Waals surface area (Å²) in [4.78, 5) is 4.85. The average molecular weight is 835 g/mol. The maximum absolute atomic E-state index is 2.44. The molecule has 0 spiro atoms. The van der Waals surface area contributed by atoms with Crippen LogP contribution in [0.3, 0.4) is 0 Å². The number of hydrogen-bond acceptors (Lipinski definition) is 2. The number of fused-ring (bicyclic) bond motifs is 3. The van der Waals surface area contributed by atoms with Crippen molar-refractivity contribution in [3.8, 4) is 33.4 Å². The summed E-state index contributed by atoms with van der Waals surface area (Å²) < 4.78 is 0. The van der Waals surface area contributed by atoms with Crippen molar-refractivity contribution in [2.45, 2.75) is 31.6 Å². The third-order valence-electron chi connectivity index (χ3n) is 13.4. The first-order chi connectivity index (χ1) is 32.0. The van der Waals surface area contributed by atoms with Crippen molar-refractivity contribution >= 4 is 39.7 Å². The smallest absolute Gasteiger partial charge is 0.0543 e. The number of allylic oxidation sites excluding steroid dienone is 4. The van der Waals surface area contributed by atoms with Crippen LogP contribution in [0.1, 0.15) is 48.4 Å². The zero-order valence-corrected chi connectivity index (χ0v) is 36.9. The highest BCUT2D eigenvalue weighted by Crippen LogP contribution is 2.55. The van der Waals surface area contributed by atoms with E-state index in [0.29, 0.717) is 5.92 Å². The zero-order chi connectivity index (χ0) is 43.7. The topological polar surface area (TPSA) is 6.48 Å². The van der Waals surface area contributed by atoms with E-state index in [1.165, 1.54) is 66.9 Å². The molecular formula is C63H50N2. The first-order valence-corrected chi connectivity index (χ1v) is 22.8. The fourth-order valence-corrected chi connectivity index (χ4v) is 9.98. The van der Waals surface area contributed by atoms with Gasteiger partial charge in [0.2, 0.25) is 0 Å². The highest BCUT2D eigenvalue weighted by molar-refractivity contribution is 5.96. The minimum Gasteiger partial charge on any atom is -0.310 e. The highest BCUT2D eigenvalue weighted by atomic mass is 15.2. The quantitative estimate of drug-likeness (QED) is 0.135. The van der Waals surface area contributed by atoms with E-state index >= 15 is 0 Å². The van der Waals surface area contributed by atoms with Gasteiger partial charge in [0.05, 0.1) is 5.69 Å². The first-order valence-electron chi connectivity index (χ1n) is 22.8. The Morgan fingerprint density at radius 1 is 0.400 bits per heavy atom. The van der Waals surface area contributed by atoms with Gasteiger partial charge in [0.15, 0.2) is 0 Å². The summed E-state index contributed by atoms with van der Waals surface area (Å²) >= 11 is 0. The van der Waals surface area contributed by atoms with Crippen LogP contribution in [-0.4, -0.2) is 0 Å². The molecule has 0 saturated heterocycles. The van der Waals surface area contributed by atoms with Crippen LogP contribution in [0.15, 0.2) is 249 Å². The van der Waals surface area contributed by atoms with E-state index in [1.807, 2.05) is 0 Å². The molecule has 2 aliphatic rings. The van der Waals surface area contributed by atoms with Gasteiger partial charge in [-0.15, -0.1) is 0 Å². The molecule has 2 heteroatoms. The summed E-state index contributed by atoms with van der Waals surface area (Å²) in [6.07, 6.45) is 8.01. The Balaban J connectivity index is 0.975. The molecule has 0 heterocycles. The molecule has 65 heavy (non-hydrogen) atoms. The van der Waals surface area contributed by atoms with Crippen LogP contribution in [0.4, 0.5) is 34.1 Å². The average Bonchev–Trinajstić information content (AvgIpc) is 3.61. The summed E-state index contributed by atoms with van der Waals surface area (Å²) in [5.74, 6) is 0.346. The molecule has 1 atom stereocenters. The van der Waals surface area contributed by atoms with Gasteiger partial charge in [-0.2, -0.15) is 0 Å². The first kappa shape index (κ1) is 39.9. The maximum atomic E-state index is 2.44. The standard InChI is InChI=1S/C63H50N2/c1-63(2)59-24-15-25-61(65(55-38-32-50(33-39-55)46-18-9-4-10-19-46)56-40-34-51(35-41-56)47-20-11-5-12-21-47)62(59)58-43-42-57(44-60(58)63)64(53-22-13-6-14-23-53)54-36-30-52(31-37-54)49-28-26-48(27-29-49)45-16-7-3-8-17-45/h3-28,30-44,49H,29H2,1-2H3. The van der Waals surface area contributed by atoms with Crippen LogP contribution in [0, 0.1) is 0 Å². The molecule has 0 fully saturated rings. The fourth-order valence-electron chi connectivity index (χ4n) is 9.98. The molecule has 2 aliphatic carbocycles. The molecule has 2 nitrogen and oxygen atoms in total. The molecule has 0 radical (unpaired) electrons. The number of rotatable bonds is 10. The lowest BCUT2D eigenvalue weighted by atomic mass is 9.82. The van der Waals surface area contributed by atoms with Crippen LogP contribution in [0.5, 0.6) is 0 Å². The lowest BCUT2D eigenvalue weighted by molar-refractivity contribution is 0.660. The Labute approximate surface area is 383 Å². The van der Waals surface area contributed by atoms with E-state index in [2.05, 4.69) is 272 Å². The lowest BCUT2D eigenvalue weighted by Crippen LogP contribution is -2.17. The van der Waals surface area contributed by atoms with Crippen molar-refractivity contribution in [2.24, 2.45) is 0 Å². The van der Waals surface area contributed by atoms with Gasteiger partial charge in [-0.3, -0.25) is 0 Å². The maximum Gasteiger partial charge on any atom is 0.0543 e. The molecule has 312 valence electrons. The summed E-state index contributed by atoms with van der Waals surface area (Å²) in [6.45, 7) is 4.77. The second-order valence-electron chi connectivity index (χ2n) is 17.7. The van der Waals surface area contributed by atoms with E-state index in [9.17, 15) is 0 Å². The lowest BCUT2D eigenvalue weighted by Gasteiger charge is -2.29. The van der Waals surface area contributed by atoms with Crippen molar-refractivity contribution in [2.75, 3.05) is 9.80 Å². The number of para-hydroxylation sites is 1. The van der Waals surface area contributed by atoms with Crippen LogP contribution in [-0.2, 0) is 5.41 Å². The highest BCUT2D eigenvalue weighted by Gasteiger charge is 2.38. The Kier molecular flexibility index (Phi) is 10.4. The molecule has 0 aliphatic heterocycles. The normalized spacial score (nSPS) is 14.6. The van der Waals surface area contributed by atoms with Crippen molar-refractivity contribution in [3.63, 3.8) is 0 Å². The van der Waals surface area contributed by atoms with Gasteiger partial charge in [-0.25, -0.2) is 0 Å². The van der Waals surface area contributed by atoms with E-state index in [-0.39, 0.29) is 5.41 Å². The molecule has 0 bridgehead atoms. The van der Waals surface area contributed by atoms with Gasteiger partial charge in [0.1, 0.15) is 0 Å². The Morgan fingerprint density at radius 3 is 1.43 bits per heavy atom. The third-order valence-corrected chi connectivity index (χ3v) is 13.4. The van der Waals surface area contributed by atoms with E-state index in [1.54, 1.807) is 0 Å². The number of hydrogen-bond donors (Lipinski definition) is 0. The Hall–Kier alpha value is -7.94. The monoisotopic (exact) mass is 834 g/mol.